The molecule has 1 aliphatic rings. The minimum absolute atomic E-state index is 0.129. The van der Waals surface area contributed by atoms with Crippen LogP contribution in [0.4, 0.5) is 0 Å². The lowest BCUT2D eigenvalue weighted by molar-refractivity contribution is -0.140. The zero-order valence-corrected chi connectivity index (χ0v) is 16.7. The van der Waals surface area contributed by atoms with Gasteiger partial charge in [0.25, 0.3) is 0 Å². The topological polar surface area (TPSA) is 42.0 Å². The number of rotatable bonds is 8. The molecule has 0 aliphatic carbocycles. The van der Waals surface area contributed by atoms with E-state index < -0.39 is 0 Å². The molecule has 0 spiro atoms. The molecule has 1 fully saturated rings. The summed E-state index contributed by atoms with van der Waals surface area (Å²) in [4.78, 5) is 16.2. The maximum Gasteiger partial charge on any atom is 0.306 e. The minimum Gasteiger partial charge on any atom is -0.489 e. The zero-order chi connectivity index (χ0) is 19.6. The molecule has 0 amide bonds. The lowest BCUT2D eigenvalue weighted by Gasteiger charge is -2.21. The van der Waals surface area contributed by atoms with Gasteiger partial charge in [-0.2, -0.15) is 0 Å². The Morgan fingerprint density at radius 2 is 1.61 bits per heavy atom. The summed E-state index contributed by atoms with van der Waals surface area (Å²) in [6.45, 7) is 6.47. The molecular weight excluding hydrogens is 352 g/mol. The van der Waals surface area contributed by atoms with E-state index in [0.717, 1.165) is 51.4 Å². The van der Waals surface area contributed by atoms with E-state index in [1.54, 1.807) is 0 Å². The SMILES string of the molecule is COC(=O)CCN1CCCN(Cc2ccc(OCc3ccccc3)cc2)CC1. The molecular formula is C23H30N2O3. The van der Waals surface area contributed by atoms with Crippen molar-refractivity contribution in [1.82, 2.24) is 9.80 Å². The van der Waals surface area contributed by atoms with E-state index in [9.17, 15) is 4.79 Å². The average Bonchev–Trinajstić information content (AvgIpc) is 2.97. The Morgan fingerprint density at radius 3 is 2.36 bits per heavy atom. The molecule has 28 heavy (non-hydrogen) atoms. The summed E-state index contributed by atoms with van der Waals surface area (Å²) in [5.74, 6) is 0.771. The lowest BCUT2D eigenvalue weighted by atomic mass is 10.2. The van der Waals surface area contributed by atoms with Gasteiger partial charge in [0.2, 0.25) is 0 Å². The van der Waals surface area contributed by atoms with E-state index in [0.29, 0.717) is 13.0 Å². The molecule has 0 saturated carbocycles. The number of hydrogen-bond donors (Lipinski definition) is 0. The van der Waals surface area contributed by atoms with Gasteiger partial charge in [-0.1, -0.05) is 42.5 Å². The van der Waals surface area contributed by atoms with Crippen LogP contribution in [0.1, 0.15) is 24.0 Å². The zero-order valence-electron chi connectivity index (χ0n) is 16.7. The van der Waals surface area contributed by atoms with E-state index in [1.807, 2.05) is 18.2 Å². The Hall–Kier alpha value is -2.37. The normalized spacial score (nSPS) is 15.8. The third-order valence-electron chi connectivity index (χ3n) is 5.12. The molecule has 0 unspecified atom stereocenters. The highest BCUT2D eigenvalue weighted by Gasteiger charge is 2.16. The Kier molecular flexibility index (Phi) is 7.88. The number of esters is 1. The van der Waals surface area contributed by atoms with Gasteiger partial charge in [0.1, 0.15) is 12.4 Å². The molecule has 3 rings (SSSR count). The van der Waals surface area contributed by atoms with Crippen molar-refractivity contribution in [3.05, 3.63) is 65.7 Å². The molecule has 5 nitrogen and oxygen atoms in total. The van der Waals surface area contributed by atoms with Gasteiger partial charge in [-0.25, -0.2) is 0 Å². The lowest BCUT2D eigenvalue weighted by Crippen LogP contribution is -2.32. The van der Waals surface area contributed by atoms with E-state index in [1.165, 1.54) is 18.2 Å². The summed E-state index contributed by atoms with van der Waals surface area (Å²) in [6, 6.07) is 18.6. The van der Waals surface area contributed by atoms with Crippen LogP contribution in [0.2, 0.25) is 0 Å². The number of hydrogen-bond acceptors (Lipinski definition) is 5. The Labute approximate surface area is 167 Å². The first kappa shape index (κ1) is 20.4. The minimum atomic E-state index is -0.129. The Bertz CT molecular complexity index is 718. The van der Waals surface area contributed by atoms with Crippen LogP contribution in [-0.4, -0.2) is 55.6 Å². The van der Waals surface area contributed by atoms with E-state index in [2.05, 4.69) is 46.2 Å². The standard InChI is InChI=1S/C23H30N2O3/c1-27-23(26)12-15-24-13-5-14-25(17-16-24)18-20-8-10-22(11-9-20)28-19-21-6-3-2-4-7-21/h2-4,6-11H,5,12-19H2,1H3. The molecule has 0 aromatic heterocycles. The van der Waals surface area contributed by atoms with Crippen LogP contribution in [0.3, 0.4) is 0 Å². The molecule has 0 bridgehead atoms. The van der Waals surface area contributed by atoms with Crippen molar-refractivity contribution in [3.63, 3.8) is 0 Å². The molecule has 1 aliphatic heterocycles. The monoisotopic (exact) mass is 382 g/mol. The van der Waals surface area contributed by atoms with Crippen molar-refractivity contribution >= 4 is 5.97 Å². The van der Waals surface area contributed by atoms with E-state index in [-0.39, 0.29) is 5.97 Å². The summed E-state index contributed by atoms with van der Waals surface area (Å²) < 4.78 is 10.6. The molecule has 2 aromatic rings. The van der Waals surface area contributed by atoms with Crippen molar-refractivity contribution in [1.29, 1.82) is 0 Å². The fourth-order valence-corrected chi connectivity index (χ4v) is 3.45. The van der Waals surface area contributed by atoms with Crippen LogP contribution >= 0.6 is 0 Å². The van der Waals surface area contributed by atoms with Crippen LogP contribution in [0, 0.1) is 0 Å². The highest BCUT2D eigenvalue weighted by Crippen LogP contribution is 2.16. The van der Waals surface area contributed by atoms with Crippen molar-refractivity contribution in [2.45, 2.75) is 26.0 Å². The van der Waals surface area contributed by atoms with Gasteiger partial charge in [-0.15, -0.1) is 0 Å². The summed E-state index contributed by atoms with van der Waals surface area (Å²) in [6.07, 6.45) is 1.60. The Balaban J connectivity index is 1.43. The van der Waals surface area contributed by atoms with Crippen molar-refractivity contribution in [3.8, 4) is 5.75 Å². The number of carbonyl (C=O) groups excluding carboxylic acids is 1. The smallest absolute Gasteiger partial charge is 0.306 e. The van der Waals surface area contributed by atoms with Gasteiger partial charge in [-0.05, 0) is 42.8 Å². The number of carbonyl (C=O) groups is 1. The quantitative estimate of drug-likeness (QED) is 0.655. The molecule has 0 radical (unpaired) electrons. The fourth-order valence-electron chi connectivity index (χ4n) is 3.45. The summed E-state index contributed by atoms with van der Waals surface area (Å²) in [7, 11) is 1.45. The maximum absolute atomic E-state index is 11.3. The molecule has 5 heteroatoms. The highest BCUT2D eigenvalue weighted by molar-refractivity contribution is 5.69. The second-order valence-corrected chi connectivity index (χ2v) is 7.22. The van der Waals surface area contributed by atoms with Crippen molar-refractivity contribution in [2.75, 3.05) is 39.8 Å². The molecule has 0 N–H and O–H groups in total. The molecule has 150 valence electrons. The largest absolute Gasteiger partial charge is 0.489 e. The molecule has 0 atom stereocenters. The molecule has 2 aromatic carbocycles. The third-order valence-corrected chi connectivity index (χ3v) is 5.12. The van der Waals surface area contributed by atoms with Crippen LogP contribution in [-0.2, 0) is 22.7 Å². The van der Waals surface area contributed by atoms with Gasteiger partial charge in [0.15, 0.2) is 0 Å². The number of nitrogens with zero attached hydrogens (tertiary/aromatic N) is 2. The van der Waals surface area contributed by atoms with E-state index in [4.69, 9.17) is 9.47 Å². The molecule has 1 heterocycles. The number of benzene rings is 2. The van der Waals surface area contributed by atoms with Crippen molar-refractivity contribution in [2.24, 2.45) is 0 Å². The number of methoxy groups -OCH3 is 1. The fraction of sp³-hybridized carbons (Fsp3) is 0.435. The van der Waals surface area contributed by atoms with Gasteiger partial charge in [0.05, 0.1) is 13.5 Å². The third kappa shape index (κ3) is 6.66. The van der Waals surface area contributed by atoms with Gasteiger partial charge in [-0.3, -0.25) is 9.69 Å². The van der Waals surface area contributed by atoms with Crippen LogP contribution in [0.15, 0.2) is 54.6 Å². The summed E-state index contributed by atoms with van der Waals surface area (Å²) in [5, 5.41) is 0. The number of ether oxygens (including phenoxy) is 2. The first-order chi connectivity index (χ1) is 13.7. The summed E-state index contributed by atoms with van der Waals surface area (Å²) >= 11 is 0. The van der Waals surface area contributed by atoms with Crippen LogP contribution in [0.25, 0.3) is 0 Å². The van der Waals surface area contributed by atoms with Gasteiger partial charge >= 0.3 is 5.97 Å². The van der Waals surface area contributed by atoms with E-state index >= 15 is 0 Å². The average molecular weight is 383 g/mol. The first-order valence-electron chi connectivity index (χ1n) is 10.00. The van der Waals surface area contributed by atoms with Crippen LogP contribution in [0.5, 0.6) is 5.75 Å². The van der Waals surface area contributed by atoms with Gasteiger partial charge < -0.3 is 14.4 Å². The second-order valence-electron chi connectivity index (χ2n) is 7.22. The van der Waals surface area contributed by atoms with Crippen molar-refractivity contribution < 1.29 is 14.3 Å². The maximum atomic E-state index is 11.3. The first-order valence-corrected chi connectivity index (χ1v) is 10.00. The van der Waals surface area contributed by atoms with Crippen LogP contribution < -0.4 is 4.74 Å². The molecule has 1 saturated heterocycles. The predicted molar refractivity (Wildman–Crippen MR) is 110 cm³/mol. The highest BCUT2D eigenvalue weighted by atomic mass is 16.5. The summed E-state index contributed by atoms with van der Waals surface area (Å²) in [5.41, 5.74) is 2.47. The predicted octanol–water partition coefficient (Wildman–Crippen LogP) is 3.34. The van der Waals surface area contributed by atoms with Gasteiger partial charge in [0, 0.05) is 26.2 Å². The Morgan fingerprint density at radius 1 is 0.893 bits per heavy atom. The second kappa shape index (κ2) is 10.8.